The minimum absolute atomic E-state index is 0.198. The van der Waals surface area contributed by atoms with Crippen LogP contribution in [0.1, 0.15) is 10.4 Å². The number of para-hydroxylation sites is 2. The first-order valence-electron chi connectivity index (χ1n) is 6.56. The van der Waals surface area contributed by atoms with Gasteiger partial charge in [-0.2, -0.15) is 0 Å². The van der Waals surface area contributed by atoms with E-state index < -0.39 is 5.97 Å². The van der Waals surface area contributed by atoms with Crippen LogP contribution in [0.2, 0.25) is 0 Å². The van der Waals surface area contributed by atoms with Crippen molar-refractivity contribution in [3.8, 4) is 0 Å². The number of rotatable bonds is 5. The van der Waals surface area contributed by atoms with E-state index in [0.29, 0.717) is 16.9 Å². The molecule has 0 fully saturated rings. The van der Waals surface area contributed by atoms with Gasteiger partial charge in [-0.3, -0.25) is 4.79 Å². The summed E-state index contributed by atoms with van der Waals surface area (Å²) in [5.74, 6) is -0.510. The molecule has 5 nitrogen and oxygen atoms in total. The number of hydrogen-bond donors (Lipinski definition) is 2. The zero-order chi connectivity index (χ0) is 15.9. The lowest BCUT2D eigenvalue weighted by molar-refractivity contribution is -0.113. The Labute approximate surface area is 132 Å². The van der Waals surface area contributed by atoms with Crippen molar-refractivity contribution in [2.24, 2.45) is 0 Å². The van der Waals surface area contributed by atoms with Crippen LogP contribution in [0.5, 0.6) is 0 Å². The van der Waals surface area contributed by atoms with Crippen molar-refractivity contribution in [2.45, 2.75) is 4.90 Å². The molecule has 0 saturated carbocycles. The first kappa shape index (κ1) is 15.9. The van der Waals surface area contributed by atoms with E-state index in [-0.39, 0.29) is 11.7 Å². The summed E-state index contributed by atoms with van der Waals surface area (Å²) >= 11 is 1.34. The second kappa shape index (κ2) is 7.51. The molecule has 0 heterocycles. The number of nitrogens with two attached hydrogens (primary N) is 1. The molecule has 2 rings (SSSR count). The van der Waals surface area contributed by atoms with Gasteiger partial charge in [0, 0.05) is 10.6 Å². The largest absolute Gasteiger partial charge is 0.465 e. The van der Waals surface area contributed by atoms with Crippen LogP contribution >= 0.6 is 11.8 Å². The zero-order valence-corrected chi connectivity index (χ0v) is 12.9. The second-order valence-corrected chi connectivity index (χ2v) is 5.43. The number of benzene rings is 2. The molecule has 2 aromatic rings. The van der Waals surface area contributed by atoms with Crippen molar-refractivity contribution in [2.75, 3.05) is 23.9 Å². The Morgan fingerprint density at radius 3 is 2.55 bits per heavy atom. The fourth-order valence-electron chi connectivity index (χ4n) is 1.82. The number of anilines is 2. The Kier molecular flexibility index (Phi) is 5.43. The summed E-state index contributed by atoms with van der Waals surface area (Å²) in [5.41, 5.74) is 7.22. The van der Waals surface area contributed by atoms with Crippen LogP contribution in [0.25, 0.3) is 0 Å². The molecule has 0 radical (unpaired) electrons. The second-order valence-electron chi connectivity index (χ2n) is 4.41. The van der Waals surface area contributed by atoms with Gasteiger partial charge in [0.2, 0.25) is 5.91 Å². The molecule has 0 unspecified atom stereocenters. The average molecular weight is 316 g/mol. The highest BCUT2D eigenvalue weighted by Gasteiger charge is 2.13. The number of esters is 1. The maximum Gasteiger partial charge on any atom is 0.339 e. The van der Waals surface area contributed by atoms with Crippen molar-refractivity contribution in [1.29, 1.82) is 0 Å². The third-order valence-corrected chi connectivity index (χ3v) is 3.97. The Hall–Kier alpha value is -2.47. The molecule has 6 heteroatoms. The van der Waals surface area contributed by atoms with E-state index in [1.807, 2.05) is 18.2 Å². The summed E-state index contributed by atoms with van der Waals surface area (Å²) in [7, 11) is 1.30. The van der Waals surface area contributed by atoms with E-state index in [2.05, 4.69) is 5.32 Å². The van der Waals surface area contributed by atoms with Gasteiger partial charge in [0.25, 0.3) is 0 Å². The number of thioether (sulfide) groups is 1. The number of amides is 1. The zero-order valence-electron chi connectivity index (χ0n) is 12.0. The molecule has 1 amide bonds. The maximum atomic E-state index is 12.0. The molecule has 0 atom stereocenters. The molecule has 0 bridgehead atoms. The highest BCUT2D eigenvalue weighted by atomic mass is 32.2. The van der Waals surface area contributed by atoms with Crippen molar-refractivity contribution < 1.29 is 14.3 Å². The number of ether oxygens (including phenoxy) is 1. The summed E-state index contributed by atoms with van der Waals surface area (Å²) in [5, 5.41) is 2.71. The van der Waals surface area contributed by atoms with Crippen molar-refractivity contribution in [3.63, 3.8) is 0 Å². The molecular weight excluding hydrogens is 300 g/mol. The number of nitrogens with one attached hydrogen (secondary N) is 1. The first-order chi connectivity index (χ1) is 10.6. The Morgan fingerprint density at radius 1 is 1.14 bits per heavy atom. The van der Waals surface area contributed by atoms with E-state index in [4.69, 9.17) is 10.5 Å². The van der Waals surface area contributed by atoms with Gasteiger partial charge in [0.1, 0.15) is 0 Å². The number of carbonyl (C=O) groups excluding carboxylic acids is 2. The van der Waals surface area contributed by atoms with E-state index in [1.165, 1.54) is 18.9 Å². The number of nitrogen functional groups attached to an aromatic ring is 1. The molecule has 0 spiro atoms. The normalized spacial score (nSPS) is 10.0. The minimum Gasteiger partial charge on any atom is -0.465 e. The maximum absolute atomic E-state index is 12.0. The van der Waals surface area contributed by atoms with Crippen molar-refractivity contribution in [1.82, 2.24) is 0 Å². The highest BCUT2D eigenvalue weighted by molar-refractivity contribution is 8.00. The van der Waals surface area contributed by atoms with Gasteiger partial charge in [-0.05, 0) is 24.3 Å². The summed E-state index contributed by atoms with van der Waals surface area (Å²) in [6, 6.07) is 14.1. The monoisotopic (exact) mass is 316 g/mol. The molecule has 114 valence electrons. The van der Waals surface area contributed by atoms with Crippen LogP contribution in [0.4, 0.5) is 11.4 Å². The van der Waals surface area contributed by atoms with Crippen LogP contribution < -0.4 is 11.1 Å². The lowest BCUT2D eigenvalue weighted by atomic mass is 10.2. The standard InChI is InChI=1S/C16H16N2O3S/c1-21-16(20)11-6-2-4-8-13(11)18-15(19)10-22-14-9-5-3-7-12(14)17/h2-9H,10,17H2,1H3,(H,18,19). The van der Waals surface area contributed by atoms with Crippen LogP contribution in [-0.2, 0) is 9.53 Å². The molecular formula is C16H16N2O3S. The van der Waals surface area contributed by atoms with Crippen molar-refractivity contribution in [3.05, 3.63) is 54.1 Å². The summed E-state index contributed by atoms with van der Waals surface area (Å²) in [6.07, 6.45) is 0. The molecule has 22 heavy (non-hydrogen) atoms. The number of hydrogen-bond acceptors (Lipinski definition) is 5. The van der Waals surface area contributed by atoms with Crippen molar-refractivity contribution >= 4 is 35.0 Å². The smallest absolute Gasteiger partial charge is 0.339 e. The summed E-state index contributed by atoms with van der Waals surface area (Å²) < 4.78 is 4.69. The van der Waals surface area contributed by atoms with Crippen LogP contribution in [0.3, 0.4) is 0 Å². The average Bonchev–Trinajstić information content (AvgIpc) is 2.54. The Bertz CT molecular complexity index is 689. The number of carbonyl (C=O) groups is 2. The third kappa shape index (κ3) is 4.02. The molecule has 0 aliphatic rings. The lowest BCUT2D eigenvalue weighted by Crippen LogP contribution is -2.17. The molecule has 3 N–H and O–H groups in total. The third-order valence-electron chi connectivity index (χ3n) is 2.88. The first-order valence-corrected chi connectivity index (χ1v) is 7.55. The van der Waals surface area contributed by atoms with Gasteiger partial charge in [0.05, 0.1) is 24.1 Å². The fraction of sp³-hybridized carbons (Fsp3) is 0.125. The topological polar surface area (TPSA) is 81.4 Å². The van der Waals surface area contributed by atoms with Gasteiger partial charge in [-0.15, -0.1) is 11.8 Å². The minimum atomic E-state index is -0.490. The quantitative estimate of drug-likeness (QED) is 0.503. The number of methoxy groups -OCH3 is 1. The molecule has 0 aromatic heterocycles. The van der Waals surface area contributed by atoms with Crippen LogP contribution in [-0.4, -0.2) is 24.7 Å². The van der Waals surface area contributed by atoms with Gasteiger partial charge in [-0.1, -0.05) is 24.3 Å². The highest BCUT2D eigenvalue weighted by Crippen LogP contribution is 2.24. The Balaban J connectivity index is 2.01. The summed E-state index contributed by atoms with van der Waals surface area (Å²) in [6.45, 7) is 0. The SMILES string of the molecule is COC(=O)c1ccccc1NC(=O)CSc1ccccc1N. The van der Waals surface area contributed by atoms with E-state index in [1.54, 1.807) is 30.3 Å². The molecule has 0 saturated heterocycles. The Morgan fingerprint density at radius 2 is 1.82 bits per heavy atom. The predicted octanol–water partition coefficient (Wildman–Crippen LogP) is 2.79. The lowest BCUT2D eigenvalue weighted by Gasteiger charge is -2.10. The molecule has 0 aliphatic carbocycles. The van der Waals surface area contributed by atoms with E-state index in [0.717, 1.165) is 4.90 Å². The van der Waals surface area contributed by atoms with Gasteiger partial charge in [-0.25, -0.2) is 4.79 Å². The van der Waals surface area contributed by atoms with Gasteiger partial charge in [0.15, 0.2) is 0 Å². The molecule has 2 aromatic carbocycles. The fourth-order valence-corrected chi connectivity index (χ4v) is 2.59. The van der Waals surface area contributed by atoms with E-state index in [9.17, 15) is 9.59 Å². The van der Waals surface area contributed by atoms with Crippen LogP contribution in [0.15, 0.2) is 53.4 Å². The van der Waals surface area contributed by atoms with E-state index >= 15 is 0 Å². The van der Waals surface area contributed by atoms with Gasteiger partial charge >= 0.3 is 5.97 Å². The summed E-state index contributed by atoms with van der Waals surface area (Å²) in [4.78, 5) is 24.5. The van der Waals surface area contributed by atoms with Gasteiger partial charge < -0.3 is 15.8 Å². The molecule has 0 aliphatic heterocycles. The predicted molar refractivity (Wildman–Crippen MR) is 88.0 cm³/mol. The van der Waals surface area contributed by atoms with Crippen LogP contribution in [0, 0.1) is 0 Å².